The number of anilines is 1. The Bertz CT molecular complexity index is 1580. The van der Waals surface area contributed by atoms with Gasteiger partial charge in [0, 0.05) is 30.0 Å². The van der Waals surface area contributed by atoms with Gasteiger partial charge in [0.2, 0.25) is 0 Å². The summed E-state index contributed by atoms with van der Waals surface area (Å²) in [6.07, 6.45) is -2.77. The lowest BCUT2D eigenvalue weighted by molar-refractivity contribution is -0.362. The minimum Gasteiger partial charge on any atom is -0.497 e. The summed E-state index contributed by atoms with van der Waals surface area (Å²) < 4.78 is 77.1. The average molecular weight is 643 g/mol. The van der Waals surface area contributed by atoms with Crippen molar-refractivity contribution in [1.82, 2.24) is 5.32 Å². The van der Waals surface area contributed by atoms with Crippen molar-refractivity contribution in [2.45, 2.75) is 82.0 Å². The van der Waals surface area contributed by atoms with Gasteiger partial charge < -0.3 is 20.5 Å². The third kappa shape index (κ3) is 5.22. The summed E-state index contributed by atoms with van der Waals surface area (Å²) in [6, 6.07) is 15.0. The highest BCUT2D eigenvalue weighted by atomic mass is 19.4. The third-order valence-corrected chi connectivity index (χ3v) is 11.0. The molecule has 0 amide bonds. The van der Waals surface area contributed by atoms with Crippen LogP contribution < -0.4 is 15.4 Å². The van der Waals surface area contributed by atoms with Gasteiger partial charge in [-0.2, -0.15) is 22.0 Å². The maximum atomic E-state index is 15.2. The van der Waals surface area contributed by atoms with Crippen molar-refractivity contribution in [3.05, 3.63) is 94.9 Å². The molecule has 246 valence electrons. The second-order valence-electron chi connectivity index (χ2n) is 13.4. The molecule has 4 aliphatic carbocycles. The van der Waals surface area contributed by atoms with E-state index in [1.807, 2.05) is 48.5 Å². The summed E-state index contributed by atoms with van der Waals surface area (Å²) in [7, 11) is 1.60. The lowest BCUT2D eigenvalue weighted by atomic mass is 9.50. The molecule has 5 atom stereocenters. The van der Waals surface area contributed by atoms with Crippen LogP contribution in [0.1, 0.15) is 68.9 Å². The molecule has 0 saturated heterocycles. The zero-order chi connectivity index (χ0) is 33.1. The van der Waals surface area contributed by atoms with Gasteiger partial charge in [-0.15, -0.1) is 0 Å². The molecule has 2 saturated carbocycles. The Hall–Kier alpha value is -3.66. The van der Waals surface area contributed by atoms with Gasteiger partial charge in [-0.1, -0.05) is 43.3 Å². The number of hydrogen-bond acceptors (Lipinski definition) is 5. The topological polar surface area (TPSA) is 70.6 Å². The second-order valence-corrected chi connectivity index (χ2v) is 13.4. The normalized spacial score (nSPS) is 29.3. The van der Waals surface area contributed by atoms with Crippen molar-refractivity contribution in [1.29, 1.82) is 0 Å². The SMILES string of the molecule is C=C(NCc1ccc([C@H]2C[C@@]3(C)C(CCC3(O)C(F)(F)C(F)(F)F)C3CCC4=CC(=O)CCC4=C32)cc1)Nc1ccc(OC)cc1. The lowest BCUT2D eigenvalue weighted by Gasteiger charge is -2.56. The predicted octanol–water partition coefficient (Wildman–Crippen LogP) is 8.20. The standard InChI is InChI=1S/C36H39F5N2O3/c1-21(43-25-9-12-27(46-3)13-10-25)42-20-22-4-6-23(7-5-22)30-19-33(2)31(16-17-34(33,45)35(37,38)36(39,40)41)29-14-8-24-18-26(44)11-15-28(24)32(29)30/h4-7,9-10,12-13,18,29-31,42-43,45H,1,8,11,14-17,19-20H2,2-3H3/t29?,30-,31?,33+,34?/m1/s1. The minimum atomic E-state index is -5.87. The molecule has 0 heterocycles. The summed E-state index contributed by atoms with van der Waals surface area (Å²) in [5.74, 6) is -5.15. The van der Waals surface area contributed by atoms with E-state index in [-0.39, 0.29) is 24.5 Å². The quantitative estimate of drug-likeness (QED) is 0.253. The van der Waals surface area contributed by atoms with Gasteiger partial charge in [0.25, 0.3) is 0 Å². The number of carbonyl (C=O) groups is 1. The van der Waals surface area contributed by atoms with Crippen molar-refractivity contribution in [2.75, 3.05) is 12.4 Å². The summed E-state index contributed by atoms with van der Waals surface area (Å²) >= 11 is 0. The van der Waals surface area contributed by atoms with E-state index in [0.29, 0.717) is 38.0 Å². The third-order valence-electron chi connectivity index (χ3n) is 11.0. The molecule has 10 heteroatoms. The Morgan fingerprint density at radius 2 is 1.72 bits per heavy atom. The van der Waals surface area contributed by atoms with Gasteiger partial charge in [-0.05, 0) is 103 Å². The van der Waals surface area contributed by atoms with E-state index >= 15 is 8.78 Å². The molecule has 0 radical (unpaired) electrons. The molecule has 6 rings (SSSR count). The van der Waals surface area contributed by atoms with Crippen LogP contribution >= 0.6 is 0 Å². The molecular weight excluding hydrogens is 603 g/mol. The summed E-state index contributed by atoms with van der Waals surface area (Å²) in [5.41, 5.74) is 0.698. The summed E-state index contributed by atoms with van der Waals surface area (Å²) in [5, 5.41) is 17.9. The molecular formula is C36H39F5N2O3. The fourth-order valence-electron chi connectivity index (χ4n) is 8.68. The van der Waals surface area contributed by atoms with Gasteiger partial charge in [0.1, 0.15) is 11.4 Å². The highest BCUT2D eigenvalue weighted by Gasteiger charge is 2.79. The first-order valence-corrected chi connectivity index (χ1v) is 15.7. The number of hydrogen-bond donors (Lipinski definition) is 3. The molecule has 0 spiro atoms. The van der Waals surface area contributed by atoms with E-state index in [1.165, 1.54) is 6.92 Å². The van der Waals surface area contributed by atoms with Crippen LogP contribution in [0.2, 0.25) is 0 Å². The zero-order valence-corrected chi connectivity index (χ0v) is 25.9. The first kappa shape index (κ1) is 32.3. The van der Waals surface area contributed by atoms with Gasteiger partial charge in [-0.25, -0.2) is 0 Å². The van der Waals surface area contributed by atoms with Crippen LogP contribution in [0.4, 0.5) is 27.6 Å². The van der Waals surface area contributed by atoms with Crippen molar-refractivity contribution >= 4 is 11.5 Å². The molecule has 4 aliphatic rings. The average Bonchev–Trinajstić information content (AvgIpc) is 3.30. The maximum absolute atomic E-state index is 15.2. The van der Waals surface area contributed by atoms with E-state index in [2.05, 4.69) is 17.2 Å². The zero-order valence-electron chi connectivity index (χ0n) is 25.9. The largest absolute Gasteiger partial charge is 0.497 e. The van der Waals surface area contributed by atoms with Crippen LogP contribution in [0.25, 0.3) is 0 Å². The first-order valence-electron chi connectivity index (χ1n) is 15.7. The molecule has 3 unspecified atom stereocenters. The number of allylic oxidation sites excluding steroid dienone is 4. The smallest absolute Gasteiger partial charge is 0.456 e. The summed E-state index contributed by atoms with van der Waals surface area (Å²) in [4.78, 5) is 12.3. The fraction of sp³-hybridized carbons (Fsp3) is 0.472. The van der Waals surface area contributed by atoms with Crippen molar-refractivity contribution in [3.63, 3.8) is 0 Å². The van der Waals surface area contributed by atoms with Crippen molar-refractivity contribution < 1.29 is 36.6 Å². The van der Waals surface area contributed by atoms with E-state index in [9.17, 15) is 23.1 Å². The molecule has 0 bridgehead atoms. The molecule has 46 heavy (non-hydrogen) atoms. The number of ketones is 1. The van der Waals surface area contributed by atoms with Crippen LogP contribution in [0.5, 0.6) is 5.75 Å². The molecule has 3 N–H and O–H groups in total. The first-order chi connectivity index (χ1) is 21.7. The Kier molecular flexibility index (Phi) is 8.10. The number of methoxy groups -OCH3 is 1. The van der Waals surface area contributed by atoms with Crippen LogP contribution in [-0.4, -0.2) is 35.7 Å². The second kappa shape index (κ2) is 11.5. The minimum absolute atomic E-state index is 0.0451. The Balaban J connectivity index is 1.29. The number of aliphatic hydroxyl groups is 1. The number of rotatable bonds is 8. The van der Waals surface area contributed by atoms with Crippen LogP contribution in [0.3, 0.4) is 0 Å². The predicted molar refractivity (Wildman–Crippen MR) is 165 cm³/mol. The Morgan fingerprint density at radius 1 is 1.02 bits per heavy atom. The van der Waals surface area contributed by atoms with Gasteiger partial charge >= 0.3 is 12.1 Å². The number of carbonyl (C=O) groups excluding carboxylic acids is 1. The van der Waals surface area contributed by atoms with Crippen molar-refractivity contribution in [2.24, 2.45) is 17.3 Å². The number of alkyl halides is 5. The van der Waals surface area contributed by atoms with Crippen LogP contribution in [-0.2, 0) is 11.3 Å². The van der Waals surface area contributed by atoms with Gasteiger partial charge in [0.15, 0.2) is 5.78 Å². The molecule has 2 aromatic rings. The highest BCUT2D eigenvalue weighted by molar-refractivity contribution is 5.93. The molecule has 2 fully saturated rings. The van der Waals surface area contributed by atoms with E-state index in [0.717, 1.165) is 39.3 Å². The number of fused-ring (bicyclic) bond motifs is 4. The number of nitrogens with one attached hydrogen (secondary N) is 2. The van der Waals surface area contributed by atoms with Crippen LogP contribution in [0.15, 0.2) is 83.7 Å². The number of halogens is 5. The Labute approximate surface area is 265 Å². The van der Waals surface area contributed by atoms with E-state index < -0.39 is 41.4 Å². The van der Waals surface area contributed by atoms with Gasteiger partial charge in [-0.3, -0.25) is 4.79 Å². The van der Waals surface area contributed by atoms with E-state index in [4.69, 9.17) is 4.74 Å². The van der Waals surface area contributed by atoms with Crippen LogP contribution in [0, 0.1) is 17.3 Å². The fourth-order valence-corrected chi connectivity index (χ4v) is 8.68. The lowest BCUT2D eigenvalue weighted by Crippen LogP contribution is -2.65. The monoisotopic (exact) mass is 642 g/mol. The highest BCUT2D eigenvalue weighted by Crippen LogP contribution is 2.70. The molecule has 5 nitrogen and oxygen atoms in total. The number of benzene rings is 2. The summed E-state index contributed by atoms with van der Waals surface area (Å²) in [6.45, 7) is 5.90. The molecule has 2 aromatic carbocycles. The van der Waals surface area contributed by atoms with Gasteiger partial charge in [0.05, 0.1) is 12.9 Å². The van der Waals surface area contributed by atoms with Crippen molar-refractivity contribution in [3.8, 4) is 5.75 Å². The maximum Gasteiger partial charge on any atom is 0.456 e. The Morgan fingerprint density at radius 3 is 2.37 bits per heavy atom. The van der Waals surface area contributed by atoms with E-state index in [1.54, 1.807) is 13.2 Å². The molecule has 0 aliphatic heterocycles. The number of ether oxygens (including phenoxy) is 1. The molecule has 0 aromatic heterocycles.